The fourth-order valence-corrected chi connectivity index (χ4v) is 2.96. The molecule has 0 saturated carbocycles. The highest BCUT2D eigenvalue weighted by Crippen LogP contribution is 2.42. The van der Waals surface area contributed by atoms with Crippen LogP contribution in [0.4, 0.5) is 18.9 Å². The fraction of sp³-hybridized carbons (Fsp3) is 0.600. The molecule has 1 saturated heterocycles. The monoisotopic (exact) mass is 363 g/mol. The molecule has 1 aliphatic heterocycles. The lowest BCUT2D eigenvalue weighted by Crippen LogP contribution is -2.46. The maximum absolute atomic E-state index is 13.1. The van der Waals surface area contributed by atoms with Crippen molar-refractivity contribution in [1.29, 1.82) is 0 Å². The van der Waals surface area contributed by atoms with E-state index in [9.17, 15) is 23.3 Å². The quantitative estimate of drug-likeness (QED) is 0.618. The van der Waals surface area contributed by atoms with Gasteiger partial charge in [-0.15, -0.1) is 0 Å². The molecule has 0 bridgehead atoms. The summed E-state index contributed by atoms with van der Waals surface area (Å²) in [6.45, 7) is 1.78. The zero-order chi connectivity index (χ0) is 18.6. The summed E-state index contributed by atoms with van der Waals surface area (Å²) >= 11 is 0. The molecule has 0 aromatic heterocycles. The second-order valence-electron chi connectivity index (χ2n) is 5.64. The topological polar surface area (TPSA) is 76.9 Å². The average Bonchev–Trinajstić information content (AvgIpc) is 2.58. The van der Waals surface area contributed by atoms with Gasteiger partial charge in [-0.1, -0.05) is 0 Å². The average molecular weight is 363 g/mol. The van der Waals surface area contributed by atoms with Crippen LogP contribution in [0.1, 0.15) is 18.0 Å². The normalized spacial score (nSPS) is 17.2. The van der Waals surface area contributed by atoms with Crippen molar-refractivity contribution in [1.82, 2.24) is 10.2 Å². The summed E-state index contributed by atoms with van der Waals surface area (Å²) in [4.78, 5) is 12.4. The van der Waals surface area contributed by atoms with E-state index in [0.29, 0.717) is 26.2 Å². The number of nitro groups is 1. The number of alkyl halides is 3. The van der Waals surface area contributed by atoms with Crippen molar-refractivity contribution in [3.8, 4) is 11.5 Å². The molecule has 1 heterocycles. The minimum absolute atomic E-state index is 0.0260. The van der Waals surface area contributed by atoms with Gasteiger partial charge in [-0.05, 0) is 6.07 Å². The van der Waals surface area contributed by atoms with Gasteiger partial charge < -0.3 is 14.8 Å². The Labute approximate surface area is 142 Å². The zero-order valence-corrected chi connectivity index (χ0v) is 13.9. The maximum atomic E-state index is 13.1. The van der Waals surface area contributed by atoms with Crippen LogP contribution >= 0.6 is 0 Å². The van der Waals surface area contributed by atoms with Crippen molar-refractivity contribution in [3.63, 3.8) is 0 Å². The van der Waals surface area contributed by atoms with Crippen molar-refractivity contribution in [3.05, 3.63) is 27.8 Å². The summed E-state index contributed by atoms with van der Waals surface area (Å²) < 4.78 is 49.6. The number of halogens is 3. The van der Waals surface area contributed by atoms with Crippen LogP contribution in [-0.4, -0.2) is 56.4 Å². The van der Waals surface area contributed by atoms with Crippen LogP contribution in [0.15, 0.2) is 12.1 Å². The number of piperazine rings is 1. The number of benzene rings is 1. The van der Waals surface area contributed by atoms with E-state index in [1.807, 2.05) is 0 Å². The summed E-state index contributed by atoms with van der Waals surface area (Å²) in [7, 11) is 2.64. The molecular weight excluding hydrogens is 343 g/mol. The fourth-order valence-electron chi connectivity index (χ4n) is 2.96. The number of rotatable bonds is 6. The summed E-state index contributed by atoms with van der Waals surface area (Å²) in [5, 5.41) is 14.5. The van der Waals surface area contributed by atoms with Crippen LogP contribution in [0.2, 0.25) is 0 Å². The number of hydrogen-bond donors (Lipinski definition) is 1. The second kappa shape index (κ2) is 7.87. The van der Waals surface area contributed by atoms with Crippen LogP contribution in [0, 0.1) is 10.1 Å². The Morgan fingerprint density at radius 1 is 1.24 bits per heavy atom. The van der Waals surface area contributed by atoms with Gasteiger partial charge in [0.05, 0.1) is 43.2 Å². The molecule has 7 nitrogen and oxygen atoms in total. The van der Waals surface area contributed by atoms with E-state index in [2.05, 4.69) is 5.32 Å². The minimum atomic E-state index is -4.46. The first kappa shape index (κ1) is 19.3. The second-order valence-corrected chi connectivity index (χ2v) is 5.64. The van der Waals surface area contributed by atoms with Crippen LogP contribution in [0.25, 0.3) is 0 Å². The molecule has 10 heteroatoms. The minimum Gasteiger partial charge on any atom is -0.493 e. The van der Waals surface area contributed by atoms with E-state index in [1.165, 1.54) is 20.3 Å². The first-order chi connectivity index (χ1) is 11.8. The van der Waals surface area contributed by atoms with Crippen molar-refractivity contribution >= 4 is 5.69 Å². The van der Waals surface area contributed by atoms with Gasteiger partial charge in [-0.2, -0.15) is 13.2 Å². The summed E-state index contributed by atoms with van der Waals surface area (Å²) in [6.07, 6.45) is -5.64. The molecule has 0 amide bonds. The molecule has 0 spiro atoms. The van der Waals surface area contributed by atoms with E-state index in [4.69, 9.17) is 9.47 Å². The van der Waals surface area contributed by atoms with Gasteiger partial charge in [-0.3, -0.25) is 15.0 Å². The highest BCUT2D eigenvalue weighted by molar-refractivity contribution is 5.55. The zero-order valence-electron chi connectivity index (χ0n) is 13.9. The highest BCUT2D eigenvalue weighted by atomic mass is 19.4. The third-order valence-corrected chi connectivity index (χ3v) is 4.11. The number of hydrogen-bond acceptors (Lipinski definition) is 6. The number of nitrogens with zero attached hydrogens (tertiary/aromatic N) is 2. The van der Waals surface area contributed by atoms with Crippen molar-refractivity contribution in [2.24, 2.45) is 0 Å². The largest absolute Gasteiger partial charge is 0.493 e. The first-order valence-electron chi connectivity index (χ1n) is 7.68. The van der Waals surface area contributed by atoms with Crippen molar-refractivity contribution in [2.75, 3.05) is 40.4 Å². The maximum Gasteiger partial charge on any atom is 0.390 e. The van der Waals surface area contributed by atoms with Crippen LogP contribution < -0.4 is 14.8 Å². The molecular formula is C15H20F3N3O4. The number of nitrogens with one attached hydrogen (secondary N) is 1. The Kier molecular flexibility index (Phi) is 6.07. The summed E-state index contributed by atoms with van der Waals surface area (Å²) in [6, 6.07) is 1.22. The number of nitro benzene ring substituents is 1. The lowest BCUT2D eigenvalue weighted by Gasteiger charge is -2.35. The first-order valence-corrected chi connectivity index (χ1v) is 7.68. The Morgan fingerprint density at radius 2 is 1.80 bits per heavy atom. The molecule has 0 aliphatic carbocycles. The van der Waals surface area contributed by atoms with Gasteiger partial charge >= 0.3 is 6.18 Å². The van der Waals surface area contributed by atoms with Gasteiger partial charge in [0, 0.05) is 26.2 Å². The highest BCUT2D eigenvalue weighted by Gasteiger charge is 2.39. The summed E-state index contributed by atoms with van der Waals surface area (Å²) in [5.74, 6) is 0.259. The molecule has 0 unspecified atom stereocenters. The molecule has 0 radical (unpaired) electrons. The third kappa shape index (κ3) is 4.73. The van der Waals surface area contributed by atoms with Crippen LogP contribution in [-0.2, 0) is 0 Å². The van der Waals surface area contributed by atoms with Gasteiger partial charge in [0.15, 0.2) is 11.5 Å². The predicted molar refractivity (Wildman–Crippen MR) is 84.1 cm³/mol. The lowest BCUT2D eigenvalue weighted by molar-refractivity contribution is -0.386. The van der Waals surface area contributed by atoms with Gasteiger partial charge in [0.1, 0.15) is 0 Å². The molecule has 1 aromatic rings. The lowest BCUT2D eigenvalue weighted by atomic mass is 9.98. The van der Waals surface area contributed by atoms with Gasteiger partial charge in [0.2, 0.25) is 0 Å². The molecule has 1 fully saturated rings. The smallest absolute Gasteiger partial charge is 0.390 e. The van der Waals surface area contributed by atoms with E-state index in [0.717, 1.165) is 6.07 Å². The van der Waals surface area contributed by atoms with Gasteiger partial charge in [0.25, 0.3) is 5.69 Å². The SMILES string of the molecule is COc1cc([C@H](CC(F)(F)F)N2CCNCC2)c([N+](=O)[O-])cc1OC. The molecule has 2 rings (SSSR count). The summed E-state index contributed by atoms with van der Waals surface area (Å²) in [5.41, 5.74) is -0.438. The van der Waals surface area contributed by atoms with Crippen molar-refractivity contribution in [2.45, 2.75) is 18.6 Å². The molecule has 1 aliphatic rings. The molecule has 140 valence electrons. The van der Waals surface area contributed by atoms with E-state index in [1.54, 1.807) is 4.90 Å². The molecule has 1 aromatic carbocycles. The number of methoxy groups -OCH3 is 2. The Hall–Kier alpha value is -2.07. The Balaban J connectivity index is 2.55. The van der Waals surface area contributed by atoms with E-state index in [-0.39, 0.29) is 17.1 Å². The molecule has 25 heavy (non-hydrogen) atoms. The predicted octanol–water partition coefficient (Wildman–Crippen LogP) is 2.51. The van der Waals surface area contributed by atoms with Gasteiger partial charge in [-0.25, -0.2) is 0 Å². The Bertz CT molecular complexity index is 619. The molecule has 1 atom stereocenters. The van der Waals surface area contributed by atoms with Crippen LogP contribution in [0.3, 0.4) is 0 Å². The van der Waals surface area contributed by atoms with Crippen molar-refractivity contribution < 1.29 is 27.6 Å². The van der Waals surface area contributed by atoms with Crippen LogP contribution in [0.5, 0.6) is 11.5 Å². The number of ether oxygens (including phenoxy) is 2. The standard InChI is InChI=1S/C15H20F3N3O4/c1-24-13-7-10(11(21(22)23)8-14(13)25-2)12(9-15(16,17)18)20-5-3-19-4-6-20/h7-8,12,19H,3-6,9H2,1-2H3/t12-/m0/s1. The molecule has 1 N–H and O–H groups in total. The third-order valence-electron chi connectivity index (χ3n) is 4.11. The van der Waals surface area contributed by atoms with E-state index >= 15 is 0 Å². The Morgan fingerprint density at radius 3 is 2.28 bits per heavy atom. The van der Waals surface area contributed by atoms with E-state index < -0.39 is 29.2 Å².